The van der Waals surface area contributed by atoms with Crippen LogP contribution in [0.3, 0.4) is 0 Å². The van der Waals surface area contributed by atoms with Crippen molar-refractivity contribution in [3.63, 3.8) is 0 Å². The third kappa shape index (κ3) is 3.57. The molecule has 1 rings (SSSR count). The fraction of sp³-hybridized carbons (Fsp3) is 0.364. The van der Waals surface area contributed by atoms with Crippen LogP contribution in [0, 0.1) is 11.6 Å². The predicted octanol–water partition coefficient (Wildman–Crippen LogP) is 1.25. The average Bonchev–Trinajstić information content (AvgIpc) is 2.33. The van der Waals surface area contributed by atoms with E-state index >= 15 is 0 Å². The zero-order valence-electron chi connectivity index (χ0n) is 9.75. The molecule has 0 fully saturated rings. The molecule has 0 bridgehead atoms. The maximum Gasteiger partial charge on any atom is 0.260 e. The molecule has 3 N–H and O–H groups in total. The van der Waals surface area contributed by atoms with Crippen molar-refractivity contribution in [2.75, 3.05) is 25.4 Å². The highest BCUT2D eigenvalue weighted by Crippen LogP contribution is 2.20. The van der Waals surface area contributed by atoms with Crippen LogP contribution in [0.1, 0.15) is 10.4 Å². The smallest absolute Gasteiger partial charge is 0.260 e. The molecule has 0 aliphatic heterocycles. The van der Waals surface area contributed by atoms with Gasteiger partial charge in [-0.2, -0.15) is 0 Å². The fourth-order valence-corrected chi connectivity index (χ4v) is 1.49. The fourth-order valence-electron chi connectivity index (χ4n) is 1.49. The topological polar surface area (TPSA) is 66.6 Å². The van der Waals surface area contributed by atoms with Crippen LogP contribution in [-0.4, -0.2) is 42.0 Å². The second-order valence-electron chi connectivity index (χ2n) is 3.69. The SMILES string of the molecule is Nc1ccc(F)c(C(=O)N(CCO)CC(F)F)c1F. The maximum atomic E-state index is 13.6. The number of benzene rings is 1. The van der Waals surface area contributed by atoms with Crippen LogP contribution in [0.4, 0.5) is 23.2 Å². The van der Waals surface area contributed by atoms with Crippen molar-refractivity contribution in [1.29, 1.82) is 0 Å². The van der Waals surface area contributed by atoms with Crippen molar-refractivity contribution in [2.24, 2.45) is 0 Å². The Morgan fingerprint density at radius 1 is 1.37 bits per heavy atom. The minimum absolute atomic E-state index is 0.461. The van der Waals surface area contributed by atoms with Crippen LogP contribution < -0.4 is 5.73 Å². The second-order valence-corrected chi connectivity index (χ2v) is 3.69. The van der Waals surface area contributed by atoms with Gasteiger partial charge in [-0.05, 0) is 12.1 Å². The van der Waals surface area contributed by atoms with E-state index in [4.69, 9.17) is 10.8 Å². The van der Waals surface area contributed by atoms with Crippen LogP contribution in [0.2, 0.25) is 0 Å². The van der Waals surface area contributed by atoms with Gasteiger partial charge in [-0.15, -0.1) is 0 Å². The minimum Gasteiger partial charge on any atom is -0.396 e. The summed E-state index contributed by atoms with van der Waals surface area (Å²) < 4.78 is 51.6. The Labute approximate surface area is 106 Å². The summed E-state index contributed by atoms with van der Waals surface area (Å²) in [5, 5.41) is 8.69. The molecule has 106 valence electrons. The van der Waals surface area contributed by atoms with E-state index < -0.39 is 54.9 Å². The molecule has 0 aliphatic rings. The van der Waals surface area contributed by atoms with Crippen molar-refractivity contribution in [3.05, 3.63) is 29.3 Å². The number of alkyl halides is 2. The van der Waals surface area contributed by atoms with Gasteiger partial charge in [0.1, 0.15) is 11.4 Å². The van der Waals surface area contributed by atoms with Gasteiger partial charge in [-0.25, -0.2) is 17.6 Å². The van der Waals surface area contributed by atoms with Crippen molar-refractivity contribution in [3.8, 4) is 0 Å². The number of aliphatic hydroxyl groups is 1. The van der Waals surface area contributed by atoms with E-state index in [1.54, 1.807) is 0 Å². The highest BCUT2D eigenvalue weighted by atomic mass is 19.3. The highest BCUT2D eigenvalue weighted by Gasteiger charge is 2.26. The van der Waals surface area contributed by atoms with Crippen LogP contribution in [0.15, 0.2) is 12.1 Å². The summed E-state index contributed by atoms with van der Waals surface area (Å²) >= 11 is 0. The molecule has 0 aromatic heterocycles. The number of carbonyl (C=O) groups excluding carboxylic acids is 1. The standard InChI is InChI=1S/C11H12F4N2O2/c12-6-1-2-7(16)10(15)9(6)11(19)17(3-4-18)5-8(13)14/h1-2,8,18H,3-5,16H2. The first kappa shape index (κ1) is 15.2. The van der Waals surface area contributed by atoms with Gasteiger partial charge in [0.05, 0.1) is 18.8 Å². The van der Waals surface area contributed by atoms with Gasteiger partial charge in [0.2, 0.25) is 0 Å². The van der Waals surface area contributed by atoms with Gasteiger partial charge in [-0.3, -0.25) is 4.79 Å². The molecule has 0 unspecified atom stereocenters. The Hall–Kier alpha value is -1.83. The minimum atomic E-state index is -2.89. The van der Waals surface area contributed by atoms with E-state index in [1.807, 2.05) is 0 Å². The molecule has 1 amide bonds. The Morgan fingerprint density at radius 3 is 2.53 bits per heavy atom. The van der Waals surface area contributed by atoms with E-state index in [1.165, 1.54) is 0 Å². The number of nitrogens with two attached hydrogens (primary N) is 1. The highest BCUT2D eigenvalue weighted by molar-refractivity contribution is 5.95. The number of halogens is 4. The van der Waals surface area contributed by atoms with E-state index in [0.717, 1.165) is 12.1 Å². The van der Waals surface area contributed by atoms with Gasteiger partial charge in [0.15, 0.2) is 5.82 Å². The lowest BCUT2D eigenvalue weighted by Gasteiger charge is -2.22. The lowest BCUT2D eigenvalue weighted by molar-refractivity contribution is 0.0501. The summed E-state index contributed by atoms with van der Waals surface area (Å²) in [6.45, 7) is -2.10. The molecule has 0 saturated carbocycles. The molecule has 1 aromatic carbocycles. The first-order chi connectivity index (χ1) is 8.88. The number of aliphatic hydroxyl groups excluding tert-OH is 1. The third-order valence-electron chi connectivity index (χ3n) is 2.35. The lowest BCUT2D eigenvalue weighted by Crippen LogP contribution is -2.38. The number of nitrogens with zero attached hydrogens (tertiary/aromatic N) is 1. The Balaban J connectivity index is 3.12. The molecule has 0 spiro atoms. The third-order valence-corrected chi connectivity index (χ3v) is 2.35. The molecule has 0 heterocycles. The Morgan fingerprint density at radius 2 is 2.00 bits per heavy atom. The Kier molecular flexibility index (Phi) is 5.11. The van der Waals surface area contributed by atoms with Gasteiger partial charge >= 0.3 is 0 Å². The number of carbonyl (C=O) groups is 1. The average molecular weight is 280 g/mol. The van der Waals surface area contributed by atoms with Gasteiger partial charge in [0.25, 0.3) is 12.3 Å². The van der Waals surface area contributed by atoms with Crippen molar-refractivity contribution in [1.82, 2.24) is 4.90 Å². The largest absolute Gasteiger partial charge is 0.396 e. The van der Waals surface area contributed by atoms with E-state index in [9.17, 15) is 22.4 Å². The zero-order valence-corrected chi connectivity index (χ0v) is 9.75. The van der Waals surface area contributed by atoms with Crippen molar-refractivity contribution < 1.29 is 27.5 Å². The van der Waals surface area contributed by atoms with Gasteiger partial charge in [0, 0.05) is 6.54 Å². The number of anilines is 1. The van der Waals surface area contributed by atoms with Gasteiger partial charge < -0.3 is 15.7 Å². The molecule has 0 atom stereocenters. The molecular formula is C11H12F4N2O2. The maximum absolute atomic E-state index is 13.6. The molecule has 1 aromatic rings. The van der Waals surface area contributed by atoms with Crippen LogP contribution in [0.5, 0.6) is 0 Å². The number of hydrogen-bond acceptors (Lipinski definition) is 3. The summed E-state index contributed by atoms with van der Waals surface area (Å²) in [6, 6.07) is 1.69. The first-order valence-electron chi connectivity index (χ1n) is 5.30. The van der Waals surface area contributed by atoms with E-state index in [0.29, 0.717) is 4.90 Å². The van der Waals surface area contributed by atoms with Crippen molar-refractivity contribution in [2.45, 2.75) is 6.43 Å². The molecule has 0 saturated heterocycles. The zero-order chi connectivity index (χ0) is 14.6. The second kappa shape index (κ2) is 6.37. The van der Waals surface area contributed by atoms with E-state index in [2.05, 4.69) is 0 Å². The number of hydrogen-bond donors (Lipinski definition) is 2. The Bertz CT molecular complexity index is 468. The van der Waals surface area contributed by atoms with Crippen LogP contribution in [0.25, 0.3) is 0 Å². The summed E-state index contributed by atoms with van der Waals surface area (Å²) in [5.74, 6) is -3.78. The number of amides is 1. The summed E-state index contributed by atoms with van der Waals surface area (Å²) in [6.07, 6.45) is -2.89. The summed E-state index contributed by atoms with van der Waals surface area (Å²) in [5.41, 5.74) is 3.72. The van der Waals surface area contributed by atoms with Gasteiger partial charge in [-0.1, -0.05) is 0 Å². The molecule has 19 heavy (non-hydrogen) atoms. The van der Waals surface area contributed by atoms with E-state index in [-0.39, 0.29) is 0 Å². The monoisotopic (exact) mass is 280 g/mol. The molecule has 4 nitrogen and oxygen atoms in total. The molecule has 0 aliphatic carbocycles. The normalized spacial score (nSPS) is 10.8. The first-order valence-corrected chi connectivity index (χ1v) is 5.30. The molecule has 0 radical (unpaired) electrons. The summed E-state index contributed by atoms with van der Waals surface area (Å²) in [4.78, 5) is 12.3. The quantitative estimate of drug-likeness (QED) is 0.630. The number of rotatable bonds is 5. The lowest BCUT2D eigenvalue weighted by atomic mass is 10.1. The van der Waals surface area contributed by atoms with Crippen LogP contribution in [-0.2, 0) is 0 Å². The molecule has 8 heteroatoms. The van der Waals surface area contributed by atoms with Crippen LogP contribution >= 0.6 is 0 Å². The predicted molar refractivity (Wildman–Crippen MR) is 59.8 cm³/mol. The van der Waals surface area contributed by atoms with Crippen molar-refractivity contribution >= 4 is 11.6 Å². The number of nitrogen functional groups attached to an aromatic ring is 1. The summed E-state index contributed by atoms with van der Waals surface area (Å²) in [7, 11) is 0. The molecular weight excluding hydrogens is 268 g/mol.